The molecule has 17 heteroatoms. The van der Waals surface area contributed by atoms with E-state index < -0.39 is 51.2 Å². The number of thiocarbonyl (C=S) groups is 1. The molecule has 0 aromatic heterocycles. The normalized spacial score (nSPS) is 13.4. The SMILES string of the molecule is [O-]N(O)C(F)(COC(=S)OCC(F)(N([O-])O)N([O-])O)N([O-])O. The summed E-state index contributed by atoms with van der Waals surface area (Å²) >= 11 is 4.15. The van der Waals surface area contributed by atoms with E-state index in [1.165, 1.54) is 0 Å². The fourth-order valence-electron chi connectivity index (χ4n) is 0.710. The Morgan fingerprint density at radius 1 is 0.818 bits per heavy atom. The number of nitrogens with zero attached hydrogens (tertiary/aromatic N) is 4. The predicted molar refractivity (Wildman–Crippen MR) is 60.1 cm³/mol. The number of rotatable bonds is 8. The minimum Gasteiger partial charge on any atom is -0.759 e. The molecule has 0 bridgehead atoms. The first kappa shape index (κ1) is 21.1. The molecule has 0 aliphatic heterocycles. The van der Waals surface area contributed by atoms with Crippen LogP contribution in [0.5, 0.6) is 0 Å². The molecule has 0 aromatic rings. The third-order valence-electron chi connectivity index (χ3n) is 1.92. The Morgan fingerprint density at radius 2 is 1.05 bits per heavy atom. The molecule has 4 N–H and O–H groups in total. The molecule has 0 rings (SSSR count). The quantitative estimate of drug-likeness (QED) is 0.184. The lowest BCUT2D eigenvalue weighted by Crippen LogP contribution is -2.55. The molecule has 0 heterocycles. The van der Waals surface area contributed by atoms with E-state index in [0.29, 0.717) is 0 Å². The monoisotopic (exact) mass is 354 g/mol. The van der Waals surface area contributed by atoms with Crippen LogP contribution in [-0.4, -0.2) is 72.0 Å². The number of hydrogen-bond acceptors (Lipinski definition) is 15. The second kappa shape index (κ2) is 8.07. The number of ether oxygens (including phenoxy) is 2. The second-order valence-electron chi connectivity index (χ2n) is 3.36. The van der Waals surface area contributed by atoms with Crippen molar-refractivity contribution in [2.45, 2.75) is 11.8 Å². The number of halogens is 2. The molecule has 0 fully saturated rings. The van der Waals surface area contributed by atoms with Crippen molar-refractivity contribution < 1.29 is 39.1 Å². The van der Waals surface area contributed by atoms with Gasteiger partial charge in [0.1, 0.15) is 0 Å². The van der Waals surface area contributed by atoms with Crippen molar-refractivity contribution in [1.29, 1.82) is 0 Å². The van der Waals surface area contributed by atoms with Crippen LogP contribution >= 0.6 is 12.2 Å². The summed E-state index contributed by atoms with van der Waals surface area (Å²) in [4.78, 5) is 0. The van der Waals surface area contributed by atoms with Gasteiger partial charge in [-0.3, -0.25) is 0 Å². The van der Waals surface area contributed by atoms with Crippen molar-refractivity contribution in [3.05, 3.63) is 20.8 Å². The number of hydrogen-bond donors (Lipinski definition) is 4. The molecule has 0 saturated heterocycles. The lowest BCUT2D eigenvalue weighted by molar-refractivity contribution is -0.337. The van der Waals surface area contributed by atoms with E-state index in [0.717, 1.165) is 0 Å². The van der Waals surface area contributed by atoms with E-state index in [1.54, 1.807) is 0 Å². The Hall–Kier alpha value is -0.930. The lowest BCUT2D eigenvalue weighted by Gasteiger charge is -2.44. The zero-order valence-electron chi connectivity index (χ0n) is 10.1. The van der Waals surface area contributed by atoms with E-state index in [-0.39, 0.29) is 0 Å². The van der Waals surface area contributed by atoms with Gasteiger partial charge >= 0.3 is 5.24 Å². The van der Waals surface area contributed by atoms with Crippen molar-refractivity contribution >= 4 is 17.5 Å². The highest BCUT2D eigenvalue weighted by Gasteiger charge is 2.37. The van der Waals surface area contributed by atoms with E-state index in [2.05, 4.69) is 21.7 Å². The van der Waals surface area contributed by atoms with Gasteiger partial charge in [-0.2, -0.15) is 0 Å². The van der Waals surface area contributed by atoms with Gasteiger partial charge in [0.15, 0.2) is 13.2 Å². The molecule has 0 saturated carbocycles. The van der Waals surface area contributed by atoms with Crippen molar-refractivity contribution in [3.8, 4) is 0 Å². The van der Waals surface area contributed by atoms with Crippen molar-refractivity contribution in [2.75, 3.05) is 13.2 Å². The van der Waals surface area contributed by atoms with Crippen LogP contribution in [0.4, 0.5) is 8.78 Å². The summed E-state index contributed by atoms with van der Waals surface area (Å²) in [7, 11) is 0. The molecule has 22 heavy (non-hydrogen) atoms. The molecule has 0 unspecified atom stereocenters. The van der Waals surface area contributed by atoms with Crippen LogP contribution in [0.2, 0.25) is 0 Å². The summed E-state index contributed by atoms with van der Waals surface area (Å²) in [5.74, 6) is -8.13. The highest BCUT2D eigenvalue weighted by atomic mass is 32.1. The van der Waals surface area contributed by atoms with E-state index in [9.17, 15) is 29.6 Å². The Bertz CT molecular complexity index is 325. The summed E-state index contributed by atoms with van der Waals surface area (Å²) in [5.41, 5.74) is 0. The molecule has 0 radical (unpaired) electrons. The minimum atomic E-state index is -4.07. The molecule has 0 amide bonds. The summed E-state index contributed by atoms with van der Waals surface area (Å²) in [6.07, 6.45) is 0. The van der Waals surface area contributed by atoms with Gasteiger partial charge in [0.05, 0.1) is 0 Å². The molecular weight excluding hydrogens is 346 g/mol. The molecule has 0 atom stereocenters. The summed E-state index contributed by atoms with van der Waals surface area (Å²) in [6, 6.07) is 0. The molecule has 0 aliphatic carbocycles. The van der Waals surface area contributed by atoms with Crippen molar-refractivity contribution in [1.82, 2.24) is 20.9 Å². The molecule has 132 valence electrons. The van der Waals surface area contributed by atoms with E-state index >= 15 is 0 Å². The Morgan fingerprint density at radius 3 is 1.23 bits per heavy atom. The average Bonchev–Trinajstić information content (AvgIpc) is 2.40. The van der Waals surface area contributed by atoms with Crippen LogP contribution in [0.3, 0.4) is 0 Å². The topological polar surface area (TPSA) is 205 Å². The van der Waals surface area contributed by atoms with E-state index in [1.807, 2.05) is 0 Å². The Balaban J connectivity index is 4.59. The first-order chi connectivity index (χ1) is 9.87. The Labute approximate surface area is 124 Å². The maximum Gasteiger partial charge on any atom is 0.352 e. The fraction of sp³-hybridized carbons (Fsp3) is 0.800. The van der Waals surface area contributed by atoms with Gasteiger partial charge < -0.3 is 51.1 Å². The van der Waals surface area contributed by atoms with Gasteiger partial charge in [-0.15, -0.1) is 0 Å². The summed E-state index contributed by atoms with van der Waals surface area (Å²) in [6.45, 7) is -3.52. The van der Waals surface area contributed by atoms with Gasteiger partial charge in [-0.1, -0.05) is 0 Å². The highest BCUT2D eigenvalue weighted by Crippen LogP contribution is 2.20. The zero-order chi connectivity index (χ0) is 17.7. The molecular formula is C5H8F2N4O10S-4. The molecule has 14 nitrogen and oxygen atoms in total. The van der Waals surface area contributed by atoms with Gasteiger partial charge in [-0.25, -0.2) is 29.7 Å². The fourth-order valence-corrected chi connectivity index (χ4v) is 0.828. The highest BCUT2D eigenvalue weighted by molar-refractivity contribution is 7.79. The predicted octanol–water partition coefficient (Wildman–Crippen LogP) is -0.693. The van der Waals surface area contributed by atoms with Crippen LogP contribution < -0.4 is 0 Å². The van der Waals surface area contributed by atoms with Gasteiger partial charge in [0.25, 0.3) is 11.8 Å². The maximum absolute atomic E-state index is 13.3. The van der Waals surface area contributed by atoms with Crippen molar-refractivity contribution in [3.63, 3.8) is 0 Å². The van der Waals surface area contributed by atoms with Crippen LogP contribution in [0.25, 0.3) is 0 Å². The largest absolute Gasteiger partial charge is 0.759 e. The van der Waals surface area contributed by atoms with Crippen LogP contribution in [0.1, 0.15) is 0 Å². The zero-order valence-corrected chi connectivity index (χ0v) is 10.9. The number of hydroxylamine groups is 8. The molecule has 0 spiro atoms. The minimum absolute atomic E-state index is 1.29. The van der Waals surface area contributed by atoms with Crippen LogP contribution in [-0.2, 0) is 9.47 Å². The van der Waals surface area contributed by atoms with E-state index in [4.69, 9.17) is 20.8 Å². The maximum atomic E-state index is 13.3. The Kier molecular flexibility index (Phi) is 7.73. The third kappa shape index (κ3) is 5.06. The number of alkyl halides is 2. The van der Waals surface area contributed by atoms with Gasteiger partial charge in [0, 0.05) is 12.2 Å². The third-order valence-corrected chi connectivity index (χ3v) is 2.16. The standard InChI is InChI=1S/C5H8F2N4O10S/c6-4(8(12)13,9(14)15)1-20-3(22)21-2-5(7,10(16)17)11(18)19/h12,14,16,18H,1-2H2/q-4. The smallest absolute Gasteiger partial charge is 0.352 e. The van der Waals surface area contributed by atoms with Crippen LogP contribution in [0, 0.1) is 20.8 Å². The summed E-state index contributed by atoms with van der Waals surface area (Å²) in [5, 5.41) is 66.6. The average molecular weight is 354 g/mol. The second-order valence-corrected chi connectivity index (χ2v) is 3.69. The van der Waals surface area contributed by atoms with Crippen molar-refractivity contribution in [2.24, 2.45) is 0 Å². The molecule has 0 aromatic carbocycles. The van der Waals surface area contributed by atoms with Crippen LogP contribution in [0.15, 0.2) is 0 Å². The first-order valence-corrected chi connectivity index (χ1v) is 5.11. The lowest BCUT2D eigenvalue weighted by atomic mass is 10.5. The molecule has 0 aliphatic rings. The van der Waals surface area contributed by atoms with Gasteiger partial charge in [0.2, 0.25) is 0 Å². The summed E-state index contributed by atoms with van der Waals surface area (Å²) < 4.78 is 34.8. The van der Waals surface area contributed by atoms with Gasteiger partial charge in [-0.05, 0) is 0 Å². The first-order valence-electron chi connectivity index (χ1n) is 4.70.